The Morgan fingerprint density at radius 3 is 2.74 bits per heavy atom. The SMILES string of the molecule is CC(C)(C)c1nccc(-n2c3nc(Nc4cc5c(cc4F)CNCC5)ncc3c(=O)n2C2CC2)n1. The lowest BCUT2D eigenvalue weighted by Crippen LogP contribution is -2.24. The number of anilines is 2. The third kappa shape index (κ3) is 3.87. The van der Waals surface area contributed by atoms with Crippen LogP contribution in [-0.2, 0) is 18.4 Å². The van der Waals surface area contributed by atoms with E-state index in [9.17, 15) is 9.18 Å². The molecule has 0 saturated heterocycles. The van der Waals surface area contributed by atoms with Crippen LogP contribution in [0.25, 0.3) is 16.9 Å². The van der Waals surface area contributed by atoms with Gasteiger partial charge in [-0.3, -0.25) is 4.79 Å². The first-order valence-electron chi connectivity index (χ1n) is 11.9. The van der Waals surface area contributed by atoms with E-state index in [-0.39, 0.29) is 28.8 Å². The molecular formula is C25H27FN8O. The first-order valence-corrected chi connectivity index (χ1v) is 11.9. The molecule has 0 radical (unpaired) electrons. The Hall–Kier alpha value is -3.66. The lowest BCUT2D eigenvalue weighted by atomic mass is 9.96. The number of halogens is 1. The molecule has 2 N–H and O–H groups in total. The summed E-state index contributed by atoms with van der Waals surface area (Å²) in [6, 6.07) is 5.24. The third-order valence-electron chi connectivity index (χ3n) is 6.47. The van der Waals surface area contributed by atoms with E-state index < -0.39 is 0 Å². The summed E-state index contributed by atoms with van der Waals surface area (Å²) >= 11 is 0. The van der Waals surface area contributed by atoms with Crippen molar-refractivity contribution in [3.63, 3.8) is 0 Å². The lowest BCUT2D eigenvalue weighted by Gasteiger charge is -2.19. The molecule has 1 aliphatic heterocycles. The predicted molar refractivity (Wildman–Crippen MR) is 131 cm³/mol. The van der Waals surface area contributed by atoms with Gasteiger partial charge in [0, 0.05) is 30.4 Å². The minimum Gasteiger partial charge on any atom is -0.322 e. The predicted octanol–water partition coefficient (Wildman–Crippen LogP) is 3.53. The second-order valence-corrected chi connectivity index (χ2v) is 10.3. The van der Waals surface area contributed by atoms with Crippen LogP contribution < -0.4 is 16.2 Å². The molecule has 0 unspecified atom stereocenters. The number of hydrogen-bond donors (Lipinski definition) is 2. The highest BCUT2D eigenvalue weighted by Crippen LogP contribution is 2.35. The number of aromatic nitrogens is 6. The third-order valence-corrected chi connectivity index (χ3v) is 6.47. The van der Waals surface area contributed by atoms with Gasteiger partial charge in [0.25, 0.3) is 5.56 Å². The fourth-order valence-corrected chi connectivity index (χ4v) is 4.48. The highest BCUT2D eigenvalue weighted by atomic mass is 19.1. The highest BCUT2D eigenvalue weighted by Gasteiger charge is 2.31. The molecule has 10 heteroatoms. The van der Waals surface area contributed by atoms with Gasteiger partial charge in [0.15, 0.2) is 11.5 Å². The molecule has 9 nitrogen and oxygen atoms in total. The number of nitrogens with zero attached hydrogens (tertiary/aromatic N) is 6. The zero-order valence-electron chi connectivity index (χ0n) is 20.0. The van der Waals surface area contributed by atoms with Crippen molar-refractivity contribution in [2.24, 2.45) is 0 Å². The minimum atomic E-state index is -0.366. The van der Waals surface area contributed by atoms with Gasteiger partial charge in [-0.25, -0.2) is 28.7 Å². The largest absolute Gasteiger partial charge is 0.322 e. The Morgan fingerprint density at radius 2 is 1.97 bits per heavy atom. The molecule has 180 valence electrons. The summed E-state index contributed by atoms with van der Waals surface area (Å²) in [7, 11) is 0. The Bertz CT molecular complexity index is 1510. The second kappa shape index (κ2) is 7.94. The van der Waals surface area contributed by atoms with Crippen LogP contribution in [0.3, 0.4) is 0 Å². The number of nitrogens with one attached hydrogen (secondary N) is 2. The van der Waals surface area contributed by atoms with E-state index in [0.29, 0.717) is 34.9 Å². The summed E-state index contributed by atoms with van der Waals surface area (Å²) in [6.07, 6.45) is 5.88. The summed E-state index contributed by atoms with van der Waals surface area (Å²) < 4.78 is 18.3. The summed E-state index contributed by atoms with van der Waals surface area (Å²) in [5, 5.41) is 6.68. The van der Waals surface area contributed by atoms with Crippen LogP contribution in [0.15, 0.2) is 35.4 Å². The van der Waals surface area contributed by atoms with Crippen molar-refractivity contribution < 1.29 is 4.39 Å². The van der Waals surface area contributed by atoms with Gasteiger partial charge in [-0.15, -0.1) is 0 Å². The number of fused-ring (bicyclic) bond motifs is 2. The van der Waals surface area contributed by atoms with E-state index in [2.05, 4.69) is 25.6 Å². The van der Waals surface area contributed by atoms with E-state index in [1.807, 2.05) is 26.8 Å². The van der Waals surface area contributed by atoms with Gasteiger partial charge in [0.2, 0.25) is 5.95 Å². The van der Waals surface area contributed by atoms with Crippen molar-refractivity contribution in [1.82, 2.24) is 34.6 Å². The Labute approximate surface area is 201 Å². The average molecular weight is 475 g/mol. The molecule has 0 atom stereocenters. The first kappa shape index (κ1) is 21.8. The molecule has 6 rings (SSSR count). The van der Waals surface area contributed by atoms with Gasteiger partial charge >= 0.3 is 0 Å². The topological polar surface area (TPSA) is 103 Å². The Kier molecular flexibility index (Phi) is 4.96. The molecule has 1 aromatic carbocycles. The summed E-state index contributed by atoms with van der Waals surface area (Å²) in [5.74, 6) is 1.09. The number of hydrogen-bond acceptors (Lipinski definition) is 7. The normalized spacial score (nSPS) is 15.9. The fourth-order valence-electron chi connectivity index (χ4n) is 4.48. The Morgan fingerprint density at radius 1 is 1.14 bits per heavy atom. The standard InChI is InChI=1S/C25H27FN8O/c1-25(2,3)23-28-9-7-20(31-23)34-21-17(22(35)33(34)16-4-5-16)13-29-24(32-21)30-19-11-14-6-8-27-12-15(14)10-18(19)26/h7,9-11,13,16,27H,4-6,8,12H2,1-3H3,(H,29,30,32). The van der Waals surface area contributed by atoms with E-state index in [1.165, 1.54) is 6.20 Å². The van der Waals surface area contributed by atoms with Gasteiger partial charge in [0.05, 0.1) is 11.7 Å². The van der Waals surface area contributed by atoms with E-state index >= 15 is 0 Å². The molecule has 0 bridgehead atoms. The van der Waals surface area contributed by atoms with E-state index in [4.69, 9.17) is 4.98 Å². The maximum Gasteiger partial charge on any atom is 0.278 e. The molecule has 2 aliphatic rings. The van der Waals surface area contributed by atoms with Crippen LogP contribution in [-0.4, -0.2) is 35.8 Å². The quantitative estimate of drug-likeness (QED) is 0.466. The van der Waals surface area contributed by atoms with Crippen LogP contribution in [0.2, 0.25) is 0 Å². The van der Waals surface area contributed by atoms with Crippen LogP contribution in [0.4, 0.5) is 16.0 Å². The lowest BCUT2D eigenvalue weighted by molar-refractivity contribution is 0.524. The molecule has 4 aromatic rings. The number of rotatable bonds is 4. The zero-order valence-corrected chi connectivity index (χ0v) is 20.0. The van der Waals surface area contributed by atoms with Gasteiger partial charge in [-0.2, -0.15) is 4.98 Å². The molecule has 0 spiro atoms. The summed E-state index contributed by atoms with van der Waals surface area (Å²) in [6.45, 7) is 7.64. The molecule has 1 aliphatic carbocycles. The molecule has 3 aromatic heterocycles. The molecular weight excluding hydrogens is 447 g/mol. The van der Waals surface area contributed by atoms with Crippen molar-refractivity contribution in [1.29, 1.82) is 0 Å². The van der Waals surface area contributed by atoms with Crippen LogP contribution in [0, 0.1) is 5.82 Å². The van der Waals surface area contributed by atoms with E-state index in [0.717, 1.165) is 36.9 Å². The second-order valence-electron chi connectivity index (χ2n) is 10.3. The van der Waals surface area contributed by atoms with E-state index in [1.54, 1.807) is 27.7 Å². The van der Waals surface area contributed by atoms with Crippen LogP contribution in [0.1, 0.15) is 56.6 Å². The Balaban J connectivity index is 1.48. The van der Waals surface area contributed by atoms with Gasteiger partial charge in [-0.05, 0) is 49.1 Å². The van der Waals surface area contributed by atoms with Crippen molar-refractivity contribution in [2.45, 2.75) is 58.0 Å². The molecule has 35 heavy (non-hydrogen) atoms. The smallest absolute Gasteiger partial charge is 0.278 e. The first-order chi connectivity index (χ1) is 16.8. The van der Waals surface area contributed by atoms with Crippen molar-refractivity contribution in [3.8, 4) is 5.82 Å². The van der Waals surface area contributed by atoms with Gasteiger partial charge in [0.1, 0.15) is 17.0 Å². The zero-order chi connectivity index (χ0) is 24.3. The van der Waals surface area contributed by atoms with Gasteiger partial charge < -0.3 is 10.6 Å². The maximum absolute atomic E-state index is 14.8. The molecule has 0 amide bonds. The summed E-state index contributed by atoms with van der Waals surface area (Å²) in [4.78, 5) is 31.5. The average Bonchev–Trinajstić information content (AvgIpc) is 3.63. The molecule has 1 fully saturated rings. The van der Waals surface area contributed by atoms with Crippen LogP contribution in [0.5, 0.6) is 0 Å². The van der Waals surface area contributed by atoms with Crippen LogP contribution >= 0.6 is 0 Å². The summed E-state index contributed by atoms with van der Waals surface area (Å²) in [5.41, 5.74) is 2.39. The highest BCUT2D eigenvalue weighted by molar-refractivity contribution is 5.77. The number of benzene rings is 1. The fraction of sp³-hybridized carbons (Fsp3) is 0.400. The molecule has 1 saturated carbocycles. The monoisotopic (exact) mass is 474 g/mol. The van der Waals surface area contributed by atoms with Crippen molar-refractivity contribution >= 4 is 22.7 Å². The molecule has 4 heterocycles. The maximum atomic E-state index is 14.8. The van der Waals surface area contributed by atoms with Crippen molar-refractivity contribution in [2.75, 3.05) is 11.9 Å². The van der Waals surface area contributed by atoms with Crippen molar-refractivity contribution in [3.05, 3.63) is 63.7 Å². The minimum absolute atomic E-state index is 0.0906. The van der Waals surface area contributed by atoms with Gasteiger partial charge in [-0.1, -0.05) is 20.8 Å².